The van der Waals surface area contributed by atoms with Gasteiger partial charge in [0.2, 0.25) is 0 Å². The molecule has 0 saturated carbocycles. The van der Waals surface area contributed by atoms with Crippen LogP contribution in [0.1, 0.15) is 38.9 Å². The zero-order valence-corrected chi connectivity index (χ0v) is 12.6. The molecule has 0 radical (unpaired) electrons. The molecular weight excluding hydrogens is 319 g/mol. The molecular formula is C18H12F3NO2. The Kier molecular flexibility index (Phi) is 3.83. The minimum absolute atomic E-state index is 0.0167. The highest BCUT2D eigenvalue weighted by Gasteiger charge is 2.32. The van der Waals surface area contributed by atoms with Crippen LogP contribution < -0.4 is 0 Å². The molecule has 3 rings (SSSR count). The second-order valence-electron chi connectivity index (χ2n) is 5.52. The summed E-state index contributed by atoms with van der Waals surface area (Å²) in [5.74, 6) is -0.531. The van der Waals surface area contributed by atoms with Crippen LogP contribution in [0.25, 0.3) is 0 Å². The lowest BCUT2D eigenvalue weighted by Crippen LogP contribution is -2.22. The summed E-state index contributed by atoms with van der Waals surface area (Å²) in [5.41, 5.74) is 0.691. The number of carbonyl (C=O) groups is 2. The van der Waals surface area contributed by atoms with Gasteiger partial charge < -0.3 is 0 Å². The van der Waals surface area contributed by atoms with E-state index in [1.54, 1.807) is 31.2 Å². The summed E-state index contributed by atoms with van der Waals surface area (Å²) in [6.07, 6.45) is -3.71. The zero-order valence-electron chi connectivity index (χ0n) is 12.6. The first-order valence-electron chi connectivity index (χ1n) is 7.19. The van der Waals surface area contributed by atoms with Crippen molar-refractivity contribution in [3.63, 3.8) is 0 Å². The molecule has 2 aromatic rings. The van der Waals surface area contributed by atoms with E-state index in [1.807, 2.05) is 0 Å². The quantitative estimate of drug-likeness (QED) is 0.834. The number of benzene rings is 1. The van der Waals surface area contributed by atoms with Gasteiger partial charge in [0, 0.05) is 40.6 Å². The monoisotopic (exact) mass is 331 g/mol. The number of rotatable bonds is 2. The smallest absolute Gasteiger partial charge is 0.289 e. The summed E-state index contributed by atoms with van der Waals surface area (Å²) in [6, 6.07) is 8.65. The van der Waals surface area contributed by atoms with Crippen molar-refractivity contribution in [3.8, 4) is 0 Å². The molecule has 1 aliphatic rings. The fraction of sp³-hybridized carbons (Fsp3) is 0.167. The maximum absolute atomic E-state index is 12.6. The van der Waals surface area contributed by atoms with Gasteiger partial charge in [-0.15, -0.1) is 0 Å². The van der Waals surface area contributed by atoms with Gasteiger partial charge in [0.25, 0.3) is 0 Å². The number of pyridine rings is 1. The molecule has 0 saturated heterocycles. The highest BCUT2D eigenvalue weighted by atomic mass is 19.4. The topological polar surface area (TPSA) is 47.0 Å². The molecule has 3 nitrogen and oxygen atoms in total. The number of fused-ring (bicyclic) bond motifs is 1. The van der Waals surface area contributed by atoms with Gasteiger partial charge in [-0.05, 0) is 19.1 Å². The normalized spacial score (nSPS) is 14.8. The highest BCUT2D eigenvalue weighted by molar-refractivity contribution is 6.26. The van der Waals surface area contributed by atoms with Crippen molar-refractivity contribution >= 4 is 11.6 Å². The first kappa shape index (κ1) is 16.1. The lowest BCUT2D eigenvalue weighted by Gasteiger charge is -2.18. The molecule has 122 valence electrons. The third-order valence-corrected chi connectivity index (χ3v) is 3.99. The van der Waals surface area contributed by atoms with Crippen LogP contribution in [0.5, 0.6) is 0 Å². The number of nitrogens with zero attached hydrogens (tertiary/aromatic N) is 1. The molecule has 0 atom stereocenters. The van der Waals surface area contributed by atoms with Crippen LogP contribution in [-0.2, 0) is 12.6 Å². The predicted molar refractivity (Wildman–Crippen MR) is 80.7 cm³/mol. The summed E-state index contributed by atoms with van der Waals surface area (Å²) < 4.78 is 37.7. The van der Waals surface area contributed by atoms with Gasteiger partial charge >= 0.3 is 6.18 Å². The van der Waals surface area contributed by atoms with Gasteiger partial charge in [-0.3, -0.25) is 14.6 Å². The standard InChI is InChI=1S/C18H12F3NO2/c1-10-15(8-12-7-6-11(9-22-12)18(19,20)21)17(24)14-5-3-2-4-13(14)16(10)23/h2-7,9H,8H2,1H3. The molecule has 0 bridgehead atoms. The van der Waals surface area contributed by atoms with Gasteiger partial charge in [-0.25, -0.2) is 0 Å². The van der Waals surface area contributed by atoms with Crippen LogP contribution in [0.15, 0.2) is 53.7 Å². The highest BCUT2D eigenvalue weighted by Crippen LogP contribution is 2.30. The maximum atomic E-state index is 12.6. The van der Waals surface area contributed by atoms with Crippen molar-refractivity contribution in [3.05, 3.63) is 76.1 Å². The Balaban J connectivity index is 1.94. The number of halogens is 3. The fourth-order valence-electron chi connectivity index (χ4n) is 2.64. The maximum Gasteiger partial charge on any atom is 0.417 e. The van der Waals surface area contributed by atoms with E-state index in [9.17, 15) is 22.8 Å². The molecule has 0 amide bonds. The van der Waals surface area contributed by atoms with E-state index in [-0.39, 0.29) is 23.6 Å². The third kappa shape index (κ3) is 2.75. The predicted octanol–water partition coefficient (Wildman–Crippen LogP) is 4.04. The molecule has 1 aliphatic carbocycles. The molecule has 0 unspecified atom stereocenters. The summed E-state index contributed by atoms with van der Waals surface area (Å²) in [4.78, 5) is 28.7. The van der Waals surface area contributed by atoms with Crippen molar-refractivity contribution < 1.29 is 22.8 Å². The number of allylic oxidation sites excluding steroid dienone is 2. The number of carbonyl (C=O) groups excluding carboxylic acids is 2. The van der Waals surface area contributed by atoms with E-state index in [0.29, 0.717) is 22.4 Å². The number of aromatic nitrogens is 1. The summed E-state index contributed by atoms with van der Waals surface area (Å²) >= 11 is 0. The summed E-state index contributed by atoms with van der Waals surface area (Å²) in [5, 5.41) is 0. The van der Waals surface area contributed by atoms with E-state index in [0.717, 1.165) is 12.3 Å². The van der Waals surface area contributed by atoms with Crippen molar-refractivity contribution in [1.29, 1.82) is 0 Å². The van der Waals surface area contributed by atoms with E-state index in [4.69, 9.17) is 0 Å². The number of Topliss-reactive ketones (excluding diaryl/α,β-unsaturated/α-hetero) is 2. The number of ketones is 2. The van der Waals surface area contributed by atoms with Crippen LogP contribution in [0, 0.1) is 0 Å². The van der Waals surface area contributed by atoms with Crippen LogP contribution >= 0.6 is 0 Å². The molecule has 1 aromatic carbocycles. The molecule has 0 spiro atoms. The van der Waals surface area contributed by atoms with Crippen LogP contribution in [-0.4, -0.2) is 16.6 Å². The Bertz CT molecular complexity index is 865. The number of alkyl halides is 3. The average molecular weight is 331 g/mol. The van der Waals surface area contributed by atoms with Crippen LogP contribution in [0.4, 0.5) is 13.2 Å². The molecule has 6 heteroatoms. The van der Waals surface area contributed by atoms with Crippen molar-refractivity contribution in [1.82, 2.24) is 4.98 Å². The third-order valence-electron chi connectivity index (χ3n) is 3.99. The van der Waals surface area contributed by atoms with Gasteiger partial charge in [-0.2, -0.15) is 13.2 Å². The van der Waals surface area contributed by atoms with Crippen LogP contribution in [0.3, 0.4) is 0 Å². The zero-order chi connectivity index (χ0) is 17.5. The minimum Gasteiger partial charge on any atom is -0.289 e. The number of hydrogen-bond donors (Lipinski definition) is 0. The Morgan fingerprint density at radius 3 is 2.12 bits per heavy atom. The average Bonchev–Trinajstić information content (AvgIpc) is 2.56. The summed E-state index contributed by atoms with van der Waals surface area (Å²) in [7, 11) is 0. The second-order valence-corrected chi connectivity index (χ2v) is 5.52. The van der Waals surface area contributed by atoms with E-state index < -0.39 is 11.7 Å². The van der Waals surface area contributed by atoms with Gasteiger partial charge in [0.05, 0.1) is 5.56 Å². The minimum atomic E-state index is -4.46. The second kappa shape index (κ2) is 5.70. The fourth-order valence-corrected chi connectivity index (χ4v) is 2.64. The molecule has 24 heavy (non-hydrogen) atoms. The van der Waals surface area contributed by atoms with E-state index in [1.165, 1.54) is 6.07 Å². The first-order chi connectivity index (χ1) is 11.3. The van der Waals surface area contributed by atoms with Gasteiger partial charge in [0.1, 0.15) is 0 Å². The van der Waals surface area contributed by atoms with Crippen molar-refractivity contribution in [2.75, 3.05) is 0 Å². The van der Waals surface area contributed by atoms with E-state index in [2.05, 4.69) is 4.98 Å². The molecule has 0 fully saturated rings. The first-order valence-corrected chi connectivity index (χ1v) is 7.19. The SMILES string of the molecule is CC1=C(Cc2ccc(C(F)(F)F)cn2)C(=O)c2ccccc2C1=O. The largest absolute Gasteiger partial charge is 0.417 e. The molecule has 1 heterocycles. The Morgan fingerprint density at radius 1 is 0.958 bits per heavy atom. The lowest BCUT2D eigenvalue weighted by molar-refractivity contribution is -0.137. The van der Waals surface area contributed by atoms with Crippen molar-refractivity contribution in [2.45, 2.75) is 19.5 Å². The van der Waals surface area contributed by atoms with Gasteiger partial charge in [-0.1, -0.05) is 24.3 Å². The molecule has 1 aromatic heterocycles. The summed E-state index contributed by atoms with van der Waals surface area (Å²) in [6.45, 7) is 1.55. The van der Waals surface area contributed by atoms with Crippen molar-refractivity contribution in [2.24, 2.45) is 0 Å². The Labute approximate surface area is 135 Å². The van der Waals surface area contributed by atoms with E-state index >= 15 is 0 Å². The Hall–Kier alpha value is -2.76. The molecule has 0 aliphatic heterocycles. The Morgan fingerprint density at radius 2 is 1.58 bits per heavy atom. The van der Waals surface area contributed by atoms with Crippen LogP contribution in [0.2, 0.25) is 0 Å². The number of hydrogen-bond acceptors (Lipinski definition) is 3. The molecule has 0 N–H and O–H groups in total. The lowest BCUT2D eigenvalue weighted by atomic mass is 9.83. The van der Waals surface area contributed by atoms with Gasteiger partial charge in [0.15, 0.2) is 11.6 Å².